The van der Waals surface area contributed by atoms with E-state index in [4.69, 9.17) is 39.8 Å². The van der Waals surface area contributed by atoms with Crippen molar-refractivity contribution in [1.82, 2.24) is 0 Å². The van der Waals surface area contributed by atoms with Crippen LogP contribution in [0.3, 0.4) is 0 Å². The molecule has 1 heterocycles. The smallest absolute Gasteiger partial charge is 0.161 e. The Morgan fingerprint density at radius 2 is 1.95 bits per heavy atom. The average molecular weight is 338 g/mol. The number of nitrogens with one attached hydrogen (secondary N) is 1. The highest BCUT2D eigenvalue weighted by Gasteiger charge is 2.26. The molecule has 0 saturated carbocycles. The van der Waals surface area contributed by atoms with E-state index in [0.717, 1.165) is 29.4 Å². The lowest BCUT2D eigenvalue weighted by molar-refractivity contribution is 0.443. The highest BCUT2D eigenvalue weighted by molar-refractivity contribution is 8.14. The molecule has 2 rings (SSSR count). The summed E-state index contributed by atoms with van der Waals surface area (Å²) in [5.41, 5.74) is 0.749. The van der Waals surface area contributed by atoms with Gasteiger partial charge in [0.15, 0.2) is 5.17 Å². The zero-order valence-corrected chi connectivity index (χ0v) is 13.8. The van der Waals surface area contributed by atoms with Gasteiger partial charge in [0, 0.05) is 5.75 Å². The summed E-state index contributed by atoms with van der Waals surface area (Å²) in [5.74, 6) is 1.05. The number of nitrogens with zero attached hydrogens (tertiary/aromatic N) is 1. The van der Waals surface area contributed by atoms with E-state index in [0.29, 0.717) is 15.1 Å². The minimum atomic E-state index is 0.0102. The number of thioether (sulfide) groups is 1. The first-order valence-corrected chi connectivity index (χ1v) is 8.20. The minimum Gasteiger partial charge on any atom is -0.334 e. The molecule has 0 radical (unpaired) electrons. The van der Waals surface area contributed by atoms with Crippen LogP contribution >= 0.6 is 46.6 Å². The van der Waals surface area contributed by atoms with Crippen molar-refractivity contribution in [3.05, 3.63) is 27.2 Å². The quantitative estimate of drug-likeness (QED) is 0.698. The molecule has 1 aliphatic rings. The lowest BCUT2D eigenvalue weighted by Crippen LogP contribution is -2.29. The van der Waals surface area contributed by atoms with Crippen LogP contribution in [-0.4, -0.2) is 16.5 Å². The van der Waals surface area contributed by atoms with Crippen molar-refractivity contribution in [2.75, 3.05) is 11.1 Å². The summed E-state index contributed by atoms with van der Waals surface area (Å²) in [6.07, 6.45) is 2.11. The highest BCUT2D eigenvalue weighted by atomic mass is 35.5. The van der Waals surface area contributed by atoms with Crippen LogP contribution in [0.25, 0.3) is 0 Å². The van der Waals surface area contributed by atoms with Crippen molar-refractivity contribution in [3.63, 3.8) is 0 Å². The molecule has 1 atom stereocenters. The predicted octanol–water partition coefficient (Wildman–Crippen LogP) is 5.72. The first-order valence-electron chi connectivity index (χ1n) is 6.08. The molecule has 0 spiro atoms. The minimum absolute atomic E-state index is 0.0102. The Hall–Kier alpha value is -0.0900. The molecule has 1 aromatic rings. The fourth-order valence-electron chi connectivity index (χ4n) is 1.75. The molecule has 1 N–H and O–H groups in total. The van der Waals surface area contributed by atoms with E-state index in [1.165, 1.54) is 0 Å². The predicted molar refractivity (Wildman–Crippen MR) is 88.3 cm³/mol. The fourth-order valence-corrected chi connectivity index (χ4v) is 3.55. The second-order valence-corrected chi connectivity index (χ2v) is 7.04. The maximum Gasteiger partial charge on any atom is 0.161 e. The van der Waals surface area contributed by atoms with E-state index in [9.17, 15) is 0 Å². The molecule has 1 aromatic carbocycles. The number of aliphatic imine (C=N–C) groups is 1. The van der Waals surface area contributed by atoms with Crippen LogP contribution in [0.2, 0.25) is 15.1 Å². The number of halogens is 3. The van der Waals surface area contributed by atoms with E-state index >= 15 is 0 Å². The number of hydrogen-bond acceptors (Lipinski definition) is 3. The molecule has 1 aliphatic heterocycles. The zero-order chi connectivity index (χ0) is 14.0. The number of rotatable bonds is 2. The number of benzene rings is 1. The third-order valence-electron chi connectivity index (χ3n) is 3.26. The van der Waals surface area contributed by atoms with E-state index < -0.39 is 0 Å². The summed E-state index contributed by atoms with van der Waals surface area (Å²) in [6.45, 7) is 4.33. The summed E-state index contributed by atoms with van der Waals surface area (Å²) in [6, 6.07) is 3.37. The molecule has 0 bridgehead atoms. The summed E-state index contributed by atoms with van der Waals surface area (Å²) in [5, 5.41) is 5.61. The summed E-state index contributed by atoms with van der Waals surface area (Å²) in [7, 11) is 0. The molecular formula is C13H15Cl3N2S. The zero-order valence-electron chi connectivity index (χ0n) is 10.8. The molecule has 2 nitrogen and oxygen atoms in total. The highest BCUT2D eigenvalue weighted by Crippen LogP contribution is 2.34. The van der Waals surface area contributed by atoms with Crippen LogP contribution < -0.4 is 5.32 Å². The van der Waals surface area contributed by atoms with Crippen LogP contribution in [0.15, 0.2) is 17.1 Å². The number of anilines is 1. The van der Waals surface area contributed by atoms with E-state index in [2.05, 4.69) is 19.2 Å². The molecule has 19 heavy (non-hydrogen) atoms. The standard InChI is InChI=1S/C13H15Cl3N2S/c1-3-13(2)4-5-19-12(18-13)17-11-7-9(15)8(14)6-10(11)16/h6-7H,3-5H2,1-2H3,(H,17,18). The second-order valence-electron chi connectivity index (χ2n) is 4.74. The van der Waals surface area contributed by atoms with E-state index in [1.807, 2.05) is 0 Å². The maximum atomic E-state index is 6.16. The average Bonchev–Trinajstić information content (AvgIpc) is 2.36. The SMILES string of the molecule is CCC1(C)CCSC(Nc2cc(Cl)c(Cl)cc2Cl)=N1. The van der Waals surface area contributed by atoms with Gasteiger partial charge in [-0.2, -0.15) is 0 Å². The molecule has 104 valence electrons. The van der Waals surface area contributed by atoms with Crippen LogP contribution in [0.4, 0.5) is 5.69 Å². The lowest BCUT2D eigenvalue weighted by atomic mass is 9.97. The summed E-state index contributed by atoms with van der Waals surface area (Å²) >= 11 is 19.8. The normalized spacial score (nSPS) is 23.1. The molecule has 6 heteroatoms. The second kappa shape index (κ2) is 6.13. The van der Waals surface area contributed by atoms with Gasteiger partial charge in [-0.25, -0.2) is 0 Å². The summed E-state index contributed by atoms with van der Waals surface area (Å²) in [4.78, 5) is 4.75. The van der Waals surface area contributed by atoms with E-state index in [-0.39, 0.29) is 5.54 Å². The Morgan fingerprint density at radius 1 is 1.26 bits per heavy atom. The van der Waals surface area contributed by atoms with Gasteiger partial charge in [0.05, 0.1) is 26.3 Å². The molecule has 0 saturated heterocycles. The monoisotopic (exact) mass is 336 g/mol. The molecule has 1 unspecified atom stereocenters. The van der Waals surface area contributed by atoms with Crippen molar-refractivity contribution < 1.29 is 0 Å². The Morgan fingerprint density at radius 3 is 2.63 bits per heavy atom. The van der Waals surface area contributed by atoms with Gasteiger partial charge in [0.25, 0.3) is 0 Å². The first kappa shape index (κ1) is 15.3. The van der Waals surface area contributed by atoms with Crippen molar-refractivity contribution in [3.8, 4) is 0 Å². The van der Waals surface area contributed by atoms with Gasteiger partial charge in [-0.15, -0.1) is 0 Å². The van der Waals surface area contributed by atoms with Gasteiger partial charge < -0.3 is 5.32 Å². The van der Waals surface area contributed by atoms with Gasteiger partial charge >= 0.3 is 0 Å². The Labute approximate surface area is 132 Å². The van der Waals surface area contributed by atoms with Gasteiger partial charge in [0.2, 0.25) is 0 Å². The Balaban J connectivity index is 2.24. The number of hydrogen-bond donors (Lipinski definition) is 1. The molecular weight excluding hydrogens is 323 g/mol. The number of amidine groups is 1. The van der Waals surface area contributed by atoms with Crippen molar-refractivity contribution in [1.29, 1.82) is 0 Å². The maximum absolute atomic E-state index is 6.16. The molecule has 0 amide bonds. The lowest BCUT2D eigenvalue weighted by Gasteiger charge is -2.29. The van der Waals surface area contributed by atoms with Crippen molar-refractivity contribution in [2.45, 2.75) is 32.2 Å². The molecule has 0 aromatic heterocycles. The van der Waals surface area contributed by atoms with Crippen molar-refractivity contribution in [2.24, 2.45) is 4.99 Å². The first-order chi connectivity index (χ1) is 8.93. The van der Waals surface area contributed by atoms with Crippen LogP contribution in [0.5, 0.6) is 0 Å². The largest absolute Gasteiger partial charge is 0.334 e. The van der Waals surface area contributed by atoms with Gasteiger partial charge in [-0.05, 0) is 31.9 Å². The van der Waals surface area contributed by atoms with Gasteiger partial charge in [-0.1, -0.05) is 53.5 Å². The van der Waals surface area contributed by atoms with Crippen LogP contribution in [0, 0.1) is 0 Å². The third-order valence-corrected chi connectivity index (χ3v) is 5.17. The summed E-state index contributed by atoms with van der Waals surface area (Å²) < 4.78 is 0. The Kier molecular flexibility index (Phi) is 4.93. The Bertz CT molecular complexity index is 519. The molecule has 0 fully saturated rings. The van der Waals surface area contributed by atoms with Crippen molar-refractivity contribution >= 4 is 57.4 Å². The molecule has 0 aliphatic carbocycles. The van der Waals surface area contributed by atoms with E-state index in [1.54, 1.807) is 23.9 Å². The topological polar surface area (TPSA) is 24.4 Å². The third kappa shape index (κ3) is 3.72. The van der Waals surface area contributed by atoms with Crippen LogP contribution in [-0.2, 0) is 0 Å². The fraction of sp³-hybridized carbons (Fsp3) is 0.462. The van der Waals surface area contributed by atoms with Gasteiger partial charge in [0.1, 0.15) is 0 Å². The van der Waals surface area contributed by atoms with Crippen LogP contribution in [0.1, 0.15) is 26.7 Å². The van der Waals surface area contributed by atoms with Gasteiger partial charge in [-0.3, -0.25) is 4.99 Å².